The maximum absolute atomic E-state index is 12.1. The summed E-state index contributed by atoms with van der Waals surface area (Å²) in [7, 11) is 0. The van der Waals surface area contributed by atoms with Crippen molar-refractivity contribution in [2.45, 2.75) is 45.8 Å². The van der Waals surface area contributed by atoms with Gasteiger partial charge in [0.2, 0.25) is 0 Å². The van der Waals surface area contributed by atoms with Gasteiger partial charge in [-0.05, 0) is 19.4 Å². The zero-order chi connectivity index (χ0) is 14.1. The Hall–Kier alpha value is -1.35. The van der Waals surface area contributed by atoms with Gasteiger partial charge in [-0.3, -0.25) is 4.79 Å². The van der Waals surface area contributed by atoms with Crippen molar-refractivity contribution < 1.29 is 14.3 Å². The van der Waals surface area contributed by atoms with Crippen LogP contribution in [0.1, 0.15) is 33.3 Å². The summed E-state index contributed by atoms with van der Waals surface area (Å²) in [6, 6.07) is 9.65. The van der Waals surface area contributed by atoms with Crippen LogP contribution in [-0.4, -0.2) is 24.3 Å². The number of hydrogen-bond acceptors (Lipinski definition) is 3. The first kappa shape index (κ1) is 14.1. The van der Waals surface area contributed by atoms with Crippen molar-refractivity contribution in [1.29, 1.82) is 0 Å². The van der Waals surface area contributed by atoms with Crippen molar-refractivity contribution in [3.05, 3.63) is 35.9 Å². The fourth-order valence-electron chi connectivity index (χ4n) is 2.70. The highest BCUT2D eigenvalue weighted by atomic mass is 16.6. The minimum Gasteiger partial charge on any atom is -0.458 e. The van der Waals surface area contributed by atoms with Crippen LogP contribution in [0, 0.1) is 5.41 Å². The van der Waals surface area contributed by atoms with Gasteiger partial charge in [-0.25, -0.2) is 0 Å². The summed E-state index contributed by atoms with van der Waals surface area (Å²) in [5.41, 5.74) is 0.410. The van der Waals surface area contributed by atoms with Crippen molar-refractivity contribution in [1.82, 2.24) is 0 Å². The maximum Gasteiger partial charge on any atom is 0.310 e. The molecule has 0 saturated carbocycles. The van der Waals surface area contributed by atoms with Crippen LogP contribution in [0.3, 0.4) is 0 Å². The molecule has 1 saturated heterocycles. The topological polar surface area (TPSA) is 35.5 Å². The molecule has 3 heteroatoms. The van der Waals surface area contributed by atoms with E-state index < -0.39 is 5.60 Å². The lowest BCUT2D eigenvalue weighted by atomic mass is 9.82. The molecule has 3 nitrogen and oxygen atoms in total. The predicted molar refractivity (Wildman–Crippen MR) is 73.8 cm³/mol. The van der Waals surface area contributed by atoms with E-state index in [1.807, 2.05) is 44.2 Å². The molecule has 1 aliphatic heterocycles. The molecule has 0 radical (unpaired) electrons. The molecule has 1 aromatic carbocycles. The summed E-state index contributed by atoms with van der Waals surface area (Å²) in [4.78, 5) is 12.1. The van der Waals surface area contributed by atoms with Crippen LogP contribution in [0.5, 0.6) is 0 Å². The first-order valence-corrected chi connectivity index (χ1v) is 6.69. The summed E-state index contributed by atoms with van der Waals surface area (Å²) in [5.74, 6) is -0.192. The van der Waals surface area contributed by atoms with Gasteiger partial charge in [0.15, 0.2) is 0 Å². The highest BCUT2D eigenvalue weighted by Crippen LogP contribution is 2.41. The van der Waals surface area contributed by atoms with Crippen LogP contribution in [-0.2, 0) is 20.7 Å². The summed E-state index contributed by atoms with van der Waals surface area (Å²) in [6.07, 6.45) is 0.0972. The monoisotopic (exact) mass is 262 g/mol. The SMILES string of the molecule is CC1(C)COC(C)(C)C1OC(=O)Cc1ccccc1. The number of carbonyl (C=O) groups is 1. The number of ether oxygens (including phenoxy) is 2. The minimum absolute atomic E-state index is 0.143. The van der Waals surface area contributed by atoms with Crippen molar-refractivity contribution in [2.75, 3.05) is 6.61 Å². The van der Waals surface area contributed by atoms with E-state index in [1.165, 1.54) is 0 Å². The Morgan fingerprint density at radius 2 is 1.89 bits per heavy atom. The highest BCUT2D eigenvalue weighted by Gasteiger charge is 2.51. The summed E-state index contributed by atoms with van der Waals surface area (Å²) < 4.78 is 11.4. The van der Waals surface area contributed by atoms with E-state index in [0.717, 1.165) is 5.56 Å². The number of esters is 1. The molecule has 1 fully saturated rings. The Balaban J connectivity index is 2.02. The number of benzene rings is 1. The van der Waals surface area contributed by atoms with Gasteiger partial charge in [0.1, 0.15) is 11.7 Å². The number of carbonyl (C=O) groups excluding carboxylic acids is 1. The van der Waals surface area contributed by atoms with Crippen LogP contribution >= 0.6 is 0 Å². The van der Waals surface area contributed by atoms with E-state index >= 15 is 0 Å². The second-order valence-corrected chi connectivity index (χ2v) is 6.41. The Kier molecular flexibility index (Phi) is 3.68. The van der Waals surface area contributed by atoms with Gasteiger partial charge >= 0.3 is 5.97 Å². The fraction of sp³-hybridized carbons (Fsp3) is 0.562. The molecule has 1 heterocycles. The number of rotatable bonds is 3. The van der Waals surface area contributed by atoms with Crippen molar-refractivity contribution in [2.24, 2.45) is 5.41 Å². The first-order chi connectivity index (χ1) is 8.81. The molecule has 19 heavy (non-hydrogen) atoms. The molecular weight excluding hydrogens is 240 g/mol. The van der Waals surface area contributed by atoms with Crippen molar-refractivity contribution in [3.8, 4) is 0 Å². The Bertz CT molecular complexity index is 432. The van der Waals surface area contributed by atoms with E-state index in [4.69, 9.17) is 9.47 Å². The standard InChI is InChI=1S/C16H22O3/c1-15(2)11-18-16(3,4)14(15)19-13(17)10-12-8-6-5-7-9-12/h5-9,14H,10-11H2,1-4H3. The van der Waals surface area contributed by atoms with Gasteiger partial charge in [-0.2, -0.15) is 0 Å². The molecule has 1 aliphatic rings. The first-order valence-electron chi connectivity index (χ1n) is 6.69. The Morgan fingerprint density at radius 1 is 1.26 bits per heavy atom. The third kappa shape index (κ3) is 3.16. The van der Waals surface area contributed by atoms with E-state index in [-0.39, 0.29) is 17.5 Å². The van der Waals surface area contributed by atoms with Crippen molar-refractivity contribution >= 4 is 5.97 Å². The molecule has 1 unspecified atom stereocenters. The Morgan fingerprint density at radius 3 is 2.42 bits per heavy atom. The quantitative estimate of drug-likeness (QED) is 0.786. The molecule has 0 amide bonds. The maximum atomic E-state index is 12.1. The van der Waals surface area contributed by atoms with E-state index in [2.05, 4.69) is 13.8 Å². The van der Waals surface area contributed by atoms with Crippen LogP contribution < -0.4 is 0 Å². The van der Waals surface area contributed by atoms with Crippen LogP contribution in [0.25, 0.3) is 0 Å². The summed E-state index contributed by atoms with van der Waals surface area (Å²) >= 11 is 0. The lowest BCUT2D eigenvalue weighted by Crippen LogP contribution is -2.43. The smallest absolute Gasteiger partial charge is 0.310 e. The van der Waals surface area contributed by atoms with Gasteiger partial charge in [-0.1, -0.05) is 44.2 Å². The largest absolute Gasteiger partial charge is 0.458 e. The molecule has 0 aliphatic carbocycles. The molecule has 104 valence electrons. The molecular formula is C16H22O3. The van der Waals surface area contributed by atoms with Gasteiger partial charge in [0, 0.05) is 5.41 Å². The molecule has 1 atom stereocenters. The summed E-state index contributed by atoms with van der Waals surface area (Å²) in [5, 5.41) is 0. The van der Waals surface area contributed by atoms with Gasteiger partial charge in [0.05, 0.1) is 13.0 Å². The van der Waals surface area contributed by atoms with Crippen LogP contribution in [0.15, 0.2) is 30.3 Å². The van der Waals surface area contributed by atoms with Crippen molar-refractivity contribution in [3.63, 3.8) is 0 Å². The third-order valence-electron chi connectivity index (χ3n) is 3.60. The normalized spacial score (nSPS) is 24.1. The lowest BCUT2D eigenvalue weighted by molar-refractivity contribution is -0.160. The van der Waals surface area contributed by atoms with Crippen LogP contribution in [0.4, 0.5) is 0 Å². The highest BCUT2D eigenvalue weighted by molar-refractivity contribution is 5.72. The van der Waals surface area contributed by atoms with E-state index in [1.54, 1.807) is 0 Å². The zero-order valence-electron chi connectivity index (χ0n) is 12.1. The second-order valence-electron chi connectivity index (χ2n) is 6.41. The third-order valence-corrected chi connectivity index (χ3v) is 3.60. The Labute approximate surface area is 114 Å². The zero-order valence-corrected chi connectivity index (χ0v) is 12.1. The molecule has 1 aromatic rings. The second kappa shape index (κ2) is 4.97. The number of hydrogen-bond donors (Lipinski definition) is 0. The molecule has 0 N–H and O–H groups in total. The van der Waals surface area contributed by atoms with E-state index in [0.29, 0.717) is 13.0 Å². The van der Waals surface area contributed by atoms with E-state index in [9.17, 15) is 4.79 Å². The van der Waals surface area contributed by atoms with Gasteiger partial charge < -0.3 is 9.47 Å². The van der Waals surface area contributed by atoms with Crippen LogP contribution in [0.2, 0.25) is 0 Å². The lowest BCUT2D eigenvalue weighted by Gasteiger charge is -2.32. The predicted octanol–water partition coefficient (Wildman–Crippen LogP) is 2.98. The molecule has 2 rings (SSSR count). The molecule has 0 aromatic heterocycles. The van der Waals surface area contributed by atoms with Gasteiger partial charge in [-0.15, -0.1) is 0 Å². The fourth-order valence-corrected chi connectivity index (χ4v) is 2.70. The average molecular weight is 262 g/mol. The summed E-state index contributed by atoms with van der Waals surface area (Å²) in [6.45, 7) is 8.71. The van der Waals surface area contributed by atoms with Gasteiger partial charge in [0.25, 0.3) is 0 Å². The molecule has 0 spiro atoms. The average Bonchev–Trinajstić information content (AvgIpc) is 2.54. The minimum atomic E-state index is -0.421. The molecule has 0 bridgehead atoms.